The van der Waals surface area contributed by atoms with Crippen LogP contribution >= 0.6 is 0 Å². The van der Waals surface area contributed by atoms with Gasteiger partial charge in [-0.25, -0.2) is 0 Å². The molecule has 0 aromatic heterocycles. The second-order valence-corrected chi connectivity index (χ2v) is 7.37. The molecule has 0 spiro atoms. The Morgan fingerprint density at radius 1 is 1.03 bits per heavy atom. The first-order valence-electron chi connectivity index (χ1n) is 9.87. The Labute approximate surface area is 174 Å². The Morgan fingerprint density at radius 2 is 1.67 bits per heavy atom. The molecule has 1 aliphatic rings. The lowest BCUT2D eigenvalue weighted by molar-refractivity contribution is -0.143. The topological polar surface area (TPSA) is 122 Å². The molecule has 0 radical (unpaired) electrons. The number of phenols is 4. The van der Waals surface area contributed by atoms with E-state index in [0.29, 0.717) is 36.2 Å². The number of rotatable bonds is 6. The number of hydrogen-bond donors (Lipinski definition) is 4. The highest BCUT2D eigenvalue weighted by atomic mass is 16.3. The summed E-state index contributed by atoms with van der Waals surface area (Å²) in [5.41, 5.74) is 1.92. The molecule has 30 heavy (non-hydrogen) atoms. The zero-order chi connectivity index (χ0) is 22.0. The monoisotopic (exact) mass is 414 g/mol. The highest BCUT2D eigenvalue weighted by Gasteiger charge is 2.39. The lowest BCUT2D eigenvalue weighted by Crippen LogP contribution is -2.53. The number of fused-ring (bicyclic) bond motifs is 1. The Kier molecular flexibility index (Phi) is 6.05. The highest BCUT2D eigenvalue weighted by molar-refractivity contribution is 5.85. The van der Waals surface area contributed by atoms with Crippen LogP contribution in [0.5, 0.6) is 23.0 Å². The maximum Gasteiger partial charge on any atom is 0.245 e. The van der Waals surface area contributed by atoms with Crippen molar-refractivity contribution in [3.05, 3.63) is 47.0 Å². The molecular weight excluding hydrogens is 388 g/mol. The predicted molar refractivity (Wildman–Crippen MR) is 109 cm³/mol. The quantitative estimate of drug-likeness (QED) is 0.424. The molecular formula is C22H26N2O6. The third-order valence-corrected chi connectivity index (χ3v) is 5.68. The van der Waals surface area contributed by atoms with Gasteiger partial charge in [-0.1, -0.05) is 6.07 Å². The molecule has 160 valence electrons. The van der Waals surface area contributed by atoms with Crippen LogP contribution in [0.4, 0.5) is 0 Å². The summed E-state index contributed by atoms with van der Waals surface area (Å²) in [5.74, 6) is -1.34. The molecule has 0 aliphatic carbocycles. The van der Waals surface area contributed by atoms with Crippen molar-refractivity contribution >= 4 is 12.3 Å². The summed E-state index contributed by atoms with van der Waals surface area (Å²) in [4.78, 5) is 28.3. The van der Waals surface area contributed by atoms with E-state index in [1.165, 1.54) is 29.2 Å². The smallest absolute Gasteiger partial charge is 0.245 e. The van der Waals surface area contributed by atoms with Crippen molar-refractivity contribution < 1.29 is 30.0 Å². The van der Waals surface area contributed by atoms with Gasteiger partial charge in [-0.3, -0.25) is 9.59 Å². The van der Waals surface area contributed by atoms with Gasteiger partial charge in [0.25, 0.3) is 0 Å². The van der Waals surface area contributed by atoms with Crippen LogP contribution in [-0.4, -0.2) is 61.7 Å². The third-order valence-electron chi connectivity index (χ3n) is 5.68. The normalized spacial score (nSPS) is 18.0. The number of carbonyl (C=O) groups excluding carboxylic acids is 2. The zero-order valence-corrected chi connectivity index (χ0v) is 16.9. The molecule has 2 atom stereocenters. The Hall–Kier alpha value is -3.42. The molecule has 0 saturated heterocycles. The molecule has 0 fully saturated rings. The fraction of sp³-hybridized carbons (Fsp3) is 0.364. The van der Waals surface area contributed by atoms with E-state index in [9.17, 15) is 30.0 Å². The fourth-order valence-corrected chi connectivity index (χ4v) is 4.06. The summed E-state index contributed by atoms with van der Waals surface area (Å²) in [6.45, 7) is 4.74. The number of carbonyl (C=O) groups is 2. The number of aromatic hydroxyl groups is 4. The van der Waals surface area contributed by atoms with E-state index in [1.54, 1.807) is 11.0 Å². The number of likely N-dealkylation sites (N-methyl/N-ethyl adjacent to an activating group) is 1. The number of hydrogen-bond acceptors (Lipinski definition) is 6. The largest absolute Gasteiger partial charge is 0.504 e. The first-order chi connectivity index (χ1) is 14.3. The van der Waals surface area contributed by atoms with Gasteiger partial charge in [0.05, 0.1) is 6.04 Å². The molecule has 1 heterocycles. The predicted octanol–water partition coefficient (Wildman–Crippen LogP) is 2.04. The number of amides is 2. The number of phenolic OH excluding ortho intramolecular Hbond substituents is 4. The minimum absolute atomic E-state index is 0.191. The fourth-order valence-electron chi connectivity index (χ4n) is 4.06. The van der Waals surface area contributed by atoms with Crippen molar-refractivity contribution in [1.82, 2.24) is 9.80 Å². The van der Waals surface area contributed by atoms with E-state index >= 15 is 0 Å². The molecule has 0 bridgehead atoms. The van der Waals surface area contributed by atoms with Crippen LogP contribution in [0.1, 0.15) is 36.6 Å². The minimum Gasteiger partial charge on any atom is -0.504 e. The van der Waals surface area contributed by atoms with Gasteiger partial charge in [-0.2, -0.15) is 0 Å². The summed E-state index contributed by atoms with van der Waals surface area (Å²) < 4.78 is 0. The second kappa shape index (κ2) is 8.52. The van der Waals surface area contributed by atoms with Crippen molar-refractivity contribution in [3.63, 3.8) is 0 Å². The van der Waals surface area contributed by atoms with E-state index in [0.717, 1.165) is 0 Å². The van der Waals surface area contributed by atoms with Crippen LogP contribution < -0.4 is 0 Å². The van der Waals surface area contributed by atoms with Crippen LogP contribution in [0.3, 0.4) is 0 Å². The van der Waals surface area contributed by atoms with Gasteiger partial charge in [-0.15, -0.1) is 0 Å². The van der Waals surface area contributed by atoms with Crippen LogP contribution in [0.2, 0.25) is 0 Å². The van der Waals surface area contributed by atoms with Gasteiger partial charge in [0.1, 0.15) is 6.04 Å². The highest BCUT2D eigenvalue weighted by Crippen LogP contribution is 2.41. The van der Waals surface area contributed by atoms with Gasteiger partial charge >= 0.3 is 0 Å². The van der Waals surface area contributed by atoms with Gasteiger partial charge in [0.2, 0.25) is 12.3 Å². The van der Waals surface area contributed by atoms with E-state index in [1.807, 2.05) is 13.8 Å². The van der Waals surface area contributed by atoms with E-state index in [4.69, 9.17) is 0 Å². The Bertz CT molecular complexity index is 957. The van der Waals surface area contributed by atoms with Crippen molar-refractivity contribution in [3.8, 4) is 23.0 Å². The number of nitrogens with zero attached hydrogens (tertiary/aromatic N) is 2. The Balaban J connectivity index is 2.08. The van der Waals surface area contributed by atoms with E-state index in [-0.39, 0.29) is 41.7 Å². The maximum atomic E-state index is 13.1. The summed E-state index contributed by atoms with van der Waals surface area (Å²) in [6, 6.07) is 5.84. The molecule has 4 N–H and O–H groups in total. The minimum atomic E-state index is -0.755. The summed E-state index contributed by atoms with van der Waals surface area (Å²) in [7, 11) is 0. The van der Waals surface area contributed by atoms with Crippen molar-refractivity contribution in [2.45, 2.75) is 38.8 Å². The first kappa shape index (κ1) is 21.3. The molecule has 2 aromatic carbocycles. The van der Waals surface area contributed by atoms with Gasteiger partial charge in [-0.05, 0) is 61.2 Å². The average molecular weight is 414 g/mol. The average Bonchev–Trinajstić information content (AvgIpc) is 2.72. The third kappa shape index (κ3) is 3.85. The molecule has 0 saturated carbocycles. The summed E-state index contributed by atoms with van der Waals surface area (Å²) in [5, 5.41) is 39.4. The van der Waals surface area contributed by atoms with Crippen molar-refractivity contribution in [2.24, 2.45) is 0 Å². The van der Waals surface area contributed by atoms with Gasteiger partial charge in [0.15, 0.2) is 23.0 Å². The SMILES string of the molecule is CCN(CC)C(=O)[C@@H]1Cc2cc(O)c(O)cc2[C@H](Cc2ccc(O)c(O)c2)N1C=O. The van der Waals surface area contributed by atoms with Crippen LogP contribution in [0.25, 0.3) is 0 Å². The number of benzene rings is 2. The summed E-state index contributed by atoms with van der Waals surface area (Å²) >= 11 is 0. The van der Waals surface area contributed by atoms with Crippen molar-refractivity contribution in [2.75, 3.05) is 13.1 Å². The van der Waals surface area contributed by atoms with Gasteiger partial charge in [0, 0.05) is 19.5 Å². The maximum absolute atomic E-state index is 13.1. The van der Waals surface area contributed by atoms with Crippen LogP contribution in [-0.2, 0) is 22.4 Å². The zero-order valence-electron chi connectivity index (χ0n) is 16.9. The molecule has 1 aliphatic heterocycles. The molecule has 0 unspecified atom stereocenters. The molecule has 3 rings (SSSR count). The van der Waals surface area contributed by atoms with Crippen LogP contribution in [0, 0.1) is 0 Å². The molecule has 2 amide bonds. The van der Waals surface area contributed by atoms with Crippen molar-refractivity contribution in [1.29, 1.82) is 0 Å². The molecule has 8 heteroatoms. The molecule has 2 aromatic rings. The Morgan fingerprint density at radius 3 is 2.27 bits per heavy atom. The van der Waals surface area contributed by atoms with E-state index in [2.05, 4.69) is 0 Å². The standard InChI is InChI=1S/C22H26N2O6/c1-3-23(4-2)22(30)17-9-14-10-20(28)21(29)11-15(14)16(24(17)12-25)7-13-5-6-18(26)19(27)8-13/h5-6,8,10-12,16-17,26-29H,3-4,7,9H2,1-2H3/t16-,17-/m0/s1. The molecule has 8 nitrogen and oxygen atoms in total. The van der Waals surface area contributed by atoms with Crippen LogP contribution in [0.15, 0.2) is 30.3 Å². The van der Waals surface area contributed by atoms with E-state index < -0.39 is 12.1 Å². The lowest BCUT2D eigenvalue weighted by Gasteiger charge is -2.42. The first-order valence-corrected chi connectivity index (χ1v) is 9.87. The summed E-state index contributed by atoms with van der Waals surface area (Å²) in [6.07, 6.45) is 1.09. The van der Waals surface area contributed by atoms with Gasteiger partial charge < -0.3 is 30.2 Å². The lowest BCUT2D eigenvalue weighted by atomic mass is 9.84. The second-order valence-electron chi connectivity index (χ2n) is 7.37.